The van der Waals surface area contributed by atoms with Gasteiger partial charge in [0.1, 0.15) is 23.5 Å². The van der Waals surface area contributed by atoms with Crippen molar-refractivity contribution in [3.8, 4) is 0 Å². The summed E-state index contributed by atoms with van der Waals surface area (Å²) in [6, 6.07) is 18.0. The SMILES string of the molecule is CN1Cc2ccccc2[C@H](c2ccc(F)cc2F)N=C1CCc1ccc(NS(C)(=O)=O)cc1.Cl. The maximum Gasteiger partial charge on any atom is 0.229 e. The van der Waals surface area contributed by atoms with Crippen LogP contribution < -0.4 is 4.72 Å². The van der Waals surface area contributed by atoms with E-state index >= 15 is 0 Å². The van der Waals surface area contributed by atoms with E-state index in [1.54, 1.807) is 12.1 Å². The molecule has 1 aliphatic rings. The van der Waals surface area contributed by atoms with Gasteiger partial charge in [0.25, 0.3) is 0 Å². The predicted octanol–water partition coefficient (Wildman–Crippen LogP) is 5.32. The molecule has 0 bridgehead atoms. The van der Waals surface area contributed by atoms with Crippen LogP contribution in [0.1, 0.15) is 34.7 Å². The average Bonchev–Trinajstić information content (AvgIpc) is 2.88. The van der Waals surface area contributed by atoms with E-state index in [1.165, 1.54) is 12.1 Å². The number of benzene rings is 3. The molecule has 0 saturated carbocycles. The smallest absolute Gasteiger partial charge is 0.229 e. The van der Waals surface area contributed by atoms with Gasteiger partial charge >= 0.3 is 0 Å². The Bertz CT molecular complexity index is 1300. The molecule has 0 radical (unpaired) electrons. The topological polar surface area (TPSA) is 61.8 Å². The first-order chi connectivity index (χ1) is 15.7. The Morgan fingerprint density at radius 1 is 1.00 bits per heavy atom. The molecule has 1 atom stereocenters. The second-order valence-corrected chi connectivity index (χ2v) is 9.99. The Morgan fingerprint density at radius 3 is 2.38 bits per heavy atom. The lowest BCUT2D eigenvalue weighted by molar-refractivity contribution is 0.490. The van der Waals surface area contributed by atoms with Gasteiger partial charge in [-0.05, 0) is 41.3 Å². The number of hydrogen-bond acceptors (Lipinski definition) is 4. The summed E-state index contributed by atoms with van der Waals surface area (Å²) in [5, 5.41) is 0. The van der Waals surface area contributed by atoms with Crippen molar-refractivity contribution in [2.45, 2.75) is 25.4 Å². The van der Waals surface area contributed by atoms with Gasteiger partial charge in [0.15, 0.2) is 0 Å². The average molecular weight is 506 g/mol. The van der Waals surface area contributed by atoms with Crippen LogP contribution in [0.5, 0.6) is 0 Å². The fourth-order valence-electron chi connectivity index (χ4n) is 4.03. The third-order valence-electron chi connectivity index (χ3n) is 5.63. The summed E-state index contributed by atoms with van der Waals surface area (Å²) in [5.74, 6) is -0.414. The quantitative estimate of drug-likeness (QED) is 0.493. The van der Waals surface area contributed by atoms with Crippen molar-refractivity contribution < 1.29 is 17.2 Å². The first-order valence-corrected chi connectivity index (χ1v) is 12.5. The summed E-state index contributed by atoms with van der Waals surface area (Å²) in [4.78, 5) is 6.98. The number of rotatable bonds is 6. The molecule has 9 heteroatoms. The molecular formula is C25H26ClF2N3O2S. The number of aliphatic imine (C=N–C) groups is 1. The van der Waals surface area contributed by atoms with Crippen molar-refractivity contribution in [1.29, 1.82) is 0 Å². The second-order valence-electron chi connectivity index (χ2n) is 8.24. The Morgan fingerprint density at radius 2 is 1.71 bits per heavy atom. The van der Waals surface area contributed by atoms with Gasteiger partial charge in [0, 0.05) is 37.3 Å². The Hall–Kier alpha value is -2.97. The number of fused-ring (bicyclic) bond motifs is 1. The standard InChI is InChI=1S/C25H25F2N3O2S.ClH/c1-30-16-18-5-3-4-6-21(18)25(22-13-10-19(26)15-23(22)27)28-24(30)14-9-17-7-11-20(12-8-17)29-33(2,31)32;/h3-8,10-13,15,25,29H,9,14,16H2,1-2H3;1H/t25-;/m1./s1. The molecule has 5 nitrogen and oxygen atoms in total. The van der Waals surface area contributed by atoms with Crippen molar-refractivity contribution in [3.05, 3.63) is 101 Å². The summed E-state index contributed by atoms with van der Waals surface area (Å²) in [6.45, 7) is 0.630. The lowest BCUT2D eigenvalue weighted by atomic mass is 9.94. The molecule has 1 aliphatic heterocycles. The van der Waals surface area contributed by atoms with Crippen LogP contribution in [0.15, 0.2) is 71.7 Å². The van der Waals surface area contributed by atoms with Gasteiger partial charge in [-0.2, -0.15) is 0 Å². The highest BCUT2D eigenvalue weighted by Crippen LogP contribution is 2.34. The van der Waals surface area contributed by atoms with Gasteiger partial charge < -0.3 is 4.90 Å². The number of sulfonamides is 1. The van der Waals surface area contributed by atoms with Crippen LogP contribution in [0.4, 0.5) is 14.5 Å². The molecule has 1 N–H and O–H groups in total. The van der Waals surface area contributed by atoms with Crippen LogP contribution in [-0.2, 0) is 23.0 Å². The molecule has 3 aromatic carbocycles. The van der Waals surface area contributed by atoms with Gasteiger partial charge in [-0.15, -0.1) is 12.4 Å². The lowest BCUT2D eigenvalue weighted by Crippen LogP contribution is -2.26. The van der Waals surface area contributed by atoms with Crippen molar-refractivity contribution in [2.24, 2.45) is 4.99 Å². The molecule has 0 aliphatic carbocycles. The maximum absolute atomic E-state index is 14.7. The Kier molecular flexibility index (Phi) is 7.94. The molecule has 0 unspecified atom stereocenters. The van der Waals surface area contributed by atoms with Crippen LogP contribution in [0, 0.1) is 11.6 Å². The fraction of sp³-hybridized carbons (Fsp3) is 0.240. The summed E-state index contributed by atoms with van der Waals surface area (Å²) in [6.07, 6.45) is 2.40. The van der Waals surface area contributed by atoms with Crippen LogP contribution in [0.25, 0.3) is 0 Å². The van der Waals surface area contributed by atoms with Crippen LogP contribution in [-0.4, -0.2) is 32.5 Å². The fourth-order valence-corrected chi connectivity index (χ4v) is 4.60. The van der Waals surface area contributed by atoms with Gasteiger partial charge in [-0.3, -0.25) is 9.71 Å². The van der Waals surface area contributed by atoms with E-state index in [9.17, 15) is 17.2 Å². The zero-order valence-corrected chi connectivity index (χ0v) is 20.5. The predicted molar refractivity (Wildman–Crippen MR) is 134 cm³/mol. The Balaban J connectivity index is 0.00000324. The van der Waals surface area contributed by atoms with E-state index in [-0.39, 0.29) is 12.4 Å². The third kappa shape index (κ3) is 6.12. The molecule has 34 heavy (non-hydrogen) atoms. The van der Waals surface area contributed by atoms with Gasteiger partial charge in [-0.25, -0.2) is 17.2 Å². The van der Waals surface area contributed by atoms with Gasteiger partial charge in [0.05, 0.1) is 6.26 Å². The van der Waals surface area contributed by atoms with Crippen LogP contribution in [0.3, 0.4) is 0 Å². The number of halogens is 3. The van der Waals surface area contributed by atoms with Gasteiger partial charge in [0.2, 0.25) is 10.0 Å². The summed E-state index contributed by atoms with van der Waals surface area (Å²) in [5.41, 5.74) is 3.82. The number of nitrogens with zero attached hydrogens (tertiary/aromatic N) is 2. The molecular weight excluding hydrogens is 480 g/mol. The first kappa shape index (κ1) is 25.6. The summed E-state index contributed by atoms with van der Waals surface area (Å²) >= 11 is 0. The molecule has 4 rings (SSSR count). The third-order valence-corrected chi connectivity index (χ3v) is 6.23. The zero-order valence-electron chi connectivity index (χ0n) is 18.8. The number of aryl methyl sites for hydroxylation is 1. The number of anilines is 1. The molecule has 0 aromatic heterocycles. The van der Waals surface area contributed by atoms with Crippen molar-refractivity contribution in [1.82, 2.24) is 4.90 Å². The molecule has 0 saturated heterocycles. The van der Waals surface area contributed by atoms with E-state index < -0.39 is 27.7 Å². The highest BCUT2D eigenvalue weighted by atomic mass is 35.5. The Labute approximate surface area is 205 Å². The monoisotopic (exact) mass is 505 g/mol. The minimum Gasteiger partial charge on any atom is -0.359 e. The number of nitrogens with one attached hydrogen (secondary N) is 1. The molecule has 1 heterocycles. The van der Waals surface area contributed by atoms with Crippen LogP contribution >= 0.6 is 12.4 Å². The van der Waals surface area contributed by atoms with E-state index in [2.05, 4.69) is 9.62 Å². The number of amidine groups is 1. The molecule has 0 spiro atoms. The van der Waals surface area contributed by atoms with E-state index in [1.807, 2.05) is 43.4 Å². The highest BCUT2D eigenvalue weighted by Gasteiger charge is 2.25. The first-order valence-electron chi connectivity index (χ1n) is 10.6. The zero-order chi connectivity index (χ0) is 23.6. The van der Waals surface area contributed by atoms with Gasteiger partial charge in [-0.1, -0.05) is 42.5 Å². The molecule has 0 amide bonds. The minimum absolute atomic E-state index is 0. The molecule has 0 fully saturated rings. The summed E-state index contributed by atoms with van der Waals surface area (Å²) < 4.78 is 53.5. The van der Waals surface area contributed by atoms with Crippen LogP contribution in [0.2, 0.25) is 0 Å². The van der Waals surface area contributed by atoms with Crippen molar-refractivity contribution >= 4 is 34.0 Å². The largest absolute Gasteiger partial charge is 0.359 e. The van der Waals surface area contributed by atoms with Crippen molar-refractivity contribution in [2.75, 3.05) is 18.0 Å². The molecule has 3 aromatic rings. The summed E-state index contributed by atoms with van der Waals surface area (Å²) in [7, 11) is -1.37. The molecule has 180 valence electrons. The lowest BCUT2D eigenvalue weighted by Gasteiger charge is -2.20. The highest BCUT2D eigenvalue weighted by molar-refractivity contribution is 7.92. The number of hydrogen-bond donors (Lipinski definition) is 1. The second kappa shape index (κ2) is 10.5. The normalized spacial score (nSPS) is 15.6. The van der Waals surface area contributed by atoms with E-state index in [0.29, 0.717) is 30.6 Å². The maximum atomic E-state index is 14.7. The minimum atomic E-state index is -3.33. The van der Waals surface area contributed by atoms with E-state index in [0.717, 1.165) is 34.8 Å². The van der Waals surface area contributed by atoms with Crippen molar-refractivity contribution in [3.63, 3.8) is 0 Å². The van der Waals surface area contributed by atoms with E-state index in [4.69, 9.17) is 4.99 Å².